The molecule has 0 spiro atoms. The van der Waals surface area contributed by atoms with E-state index in [1.54, 1.807) is 0 Å². The molecule has 2 aromatic rings. The average molecular weight is 283 g/mol. The number of rotatable bonds is 2. The van der Waals surface area contributed by atoms with Crippen molar-refractivity contribution >= 4 is 22.7 Å². The lowest BCUT2D eigenvalue weighted by Crippen LogP contribution is -2.12. The predicted octanol–water partition coefficient (Wildman–Crippen LogP) is 4.26. The summed E-state index contributed by atoms with van der Waals surface area (Å²) in [4.78, 5) is 17.2. The first kappa shape index (κ1) is 13.3. The molecule has 0 amide bonds. The molecule has 1 aliphatic rings. The normalized spacial score (nSPS) is 14.1. The molecule has 0 saturated heterocycles. The van der Waals surface area contributed by atoms with Gasteiger partial charge in [0.2, 0.25) is 5.78 Å². The summed E-state index contributed by atoms with van der Waals surface area (Å²) in [7, 11) is 0. The summed E-state index contributed by atoms with van der Waals surface area (Å²) in [5, 5.41) is 2.59. The minimum Gasteiger partial charge on any atom is -0.286 e. The van der Waals surface area contributed by atoms with Crippen molar-refractivity contribution in [1.29, 1.82) is 0 Å². The molecular formula is C17H17NOS. The lowest BCUT2D eigenvalue weighted by Gasteiger charge is -2.14. The van der Waals surface area contributed by atoms with Crippen molar-refractivity contribution in [2.75, 3.05) is 0 Å². The second-order valence-corrected chi connectivity index (χ2v) is 6.95. The summed E-state index contributed by atoms with van der Waals surface area (Å²) >= 11 is 1.44. The number of hydrogen-bond donors (Lipinski definition) is 0. The number of Topliss-reactive ketones (excluding diaryl/α,β-unsaturated/α-hetero) is 1. The highest BCUT2D eigenvalue weighted by atomic mass is 32.1. The maximum absolute atomic E-state index is 12.6. The van der Waals surface area contributed by atoms with Gasteiger partial charge in [-0.1, -0.05) is 51.1 Å². The molecule has 0 unspecified atom stereocenters. The van der Waals surface area contributed by atoms with Crippen LogP contribution in [0, 0.1) is 0 Å². The van der Waals surface area contributed by atoms with Gasteiger partial charge < -0.3 is 0 Å². The molecule has 0 saturated carbocycles. The summed E-state index contributed by atoms with van der Waals surface area (Å²) in [6.07, 6.45) is 2.86. The molecule has 0 fully saturated rings. The molecule has 0 atom stereocenters. The van der Waals surface area contributed by atoms with Gasteiger partial charge in [-0.3, -0.25) is 4.79 Å². The third-order valence-corrected chi connectivity index (χ3v) is 4.39. The SMILES string of the molecule is CC(C)(C)c1csc(C(=O)C2=CCc3ccccc32)n1. The highest BCUT2D eigenvalue weighted by Gasteiger charge is 2.25. The summed E-state index contributed by atoms with van der Waals surface area (Å²) in [6, 6.07) is 8.09. The van der Waals surface area contributed by atoms with E-state index in [9.17, 15) is 4.79 Å². The van der Waals surface area contributed by atoms with Gasteiger partial charge in [-0.05, 0) is 17.5 Å². The second kappa shape index (κ2) is 4.67. The van der Waals surface area contributed by atoms with Crippen molar-refractivity contribution in [3.05, 3.63) is 57.6 Å². The van der Waals surface area contributed by atoms with Crippen molar-refractivity contribution in [2.24, 2.45) is 0 Å². The van der Waals surface area contributed by atoms with Gasteiger partial charge in [0.15, 0.2) is 5.01 Å². The Morgan fingerprint density at radius 2 is 2.00 bits per heavy atom. The number of hydrogen-bond acceptors (Lipinski definition) is 3. The second-order valence-electron chi connectivity index (χ2n) is 6.10. The Balaban J connectivity index is 1.93. The minimum absolute atomic E-state index is 0.0169. The Hall–Kier alpha value is -1.74. The van der Waals surface area contributed by atoms with E-state index in [1.807, 2.05) is 29.7 Å². The number of carbonyl (C=O) groups excluding carboxylic acids is 1. The number of benzene rings is 1. The number of fused-ring (bicyclic) bond motifs is 1. The van der Waals surface area contributed by atoms with Crippen LogP contribution in [0.2, 0.25) is 0 Å². The monoisotopic (exact) mass is 283 g/mol. The first-order valence-electron chi connectivity index (χ1n) is 6.76. The fourth-order valence-electron chi connectivity index (χ4n) is 2.34. The van der Waals surface area contributed by atoms with Crippen LogP contribution in [0.5, 0.6) is 0 Å². The zero-order valence-corrected chi connectivity index (χ0v) is 12.8. The van der Waals surface area contributed by atoms with Gasteiger partial charge in [0.1, 0.15) is 0 Å². The van der Waals surface area contributed by atoms with E-state index in [0.717, 1.165) is 23.3 Å². The van der Waals surface area contributed by atoms with Gasteiger partial charge in [0.05, 0.1) is 5.69 Å². The summed E-state index contributed by atoms with van der Waals surface area (Å²) in [5.41, 5.74) is 4.05. The molecule has 1 aromatic heterocycles. The number of allylic oxidation sites excluding steroid dienone is 2. The van der Waals surface area contributed by atoms with Gasteiger partial charge in [-0.15, -0.1) is 11.3 Å². The molecule has 0 bridgehead atoms. The molecule has 1 aliphatic carbocycles. The number of aromatic nitrogens is 1. The molecule has 1 heterocycles. The van der Waals surface area contributed by atoms with Crippen molar-refractivity contribution < 1.29 is 4.79 Å². The highest BCUT2D eigenvalue weighted by Crippen LogP contribution is 2.32. The van der Waals surface area contributed by atoms with Gasteiger partial charge in [-0.25, -0.2) is 4.98 Å². The average Bonchev–Trinajstić information content (AvgIpc) is 3.04. The Labute approximate surface area is 123 Å². The van der Waals surface area contributed by atoms with Gasteiger partial charge in [0, 0.05) is 16.4 Å². The number of ketones is 1. The lowest BCUT2D eigenvalue weighted by atomic mass is 9.93. The molecular weight excluding hydrogens is 266 g/mol. The summed E-state index contributed by atoms with van der Waals surface area (Å²) < 4.78 is 0. The summed E-state index contributed by atoms with van der Waals surface area (Å²) in [5.74, 6) is 0.0513. The van der Waals surface area contributed by atoms with Crippen LogP contribution in [-0.2, 0) is 11.8 Å². The Morgan fingerprint density at radius 3 is 2.70 bits per heavy atom. The van der Waals surface area contributed by atoms with Crippen molar-refractivity contribution in [1.82, 2.24) is 4.98 Å². The van der Waals surface area contributed by atoms with E-state index in [-0.39, 0.29) is 11.2 Å². The van der Waals surface area contributed by atoms with Crippen LogP contribution in [0.3, 0.4) is 0 Å². The third kappa shape index (κ3) is 2.22. The zero-order valence-electron chi connectivity index (χ0n) is 11.9. The van der Waals surface area contributed by atoms with Crippen LogP contribution in [0.1, 0.15) is 47.4 Å². The quantitative estimate of drug-likeness (QED) is 0.771. The van der Waals surface area contributed by atoms with Crippen LogP contribution >= 0.6 is 11.3 Å². The fourth-order valence-corrected chi connectivity index (χ4v) is 3.33. The first-order chi connectivity index (χ1) is 9.47. The van der Waals surface area contributed by atoms with E-state index in [0.29, 0.717) is 5.01 Å². The van der Waals surface area contributed by atoms with E-state index < -0.39 is 0 Å². The standard InChI is InChI=1S/C17H17NOS/c1-17(2,3)14-10-20-16(18-14)15(19)13-9-8-11-6-4-5-7-12(11)13/h4-7,9-10H,8H2,1-3H3. The van der Waals surface area contributed by atoms with E-state index >= 15 is 0 Å². The van der Waals surface area contributed by atoms with Gasteiger partial charge in [-0.2, -0.15) is 0 Å². The number of carbonyl (C=O) groups is 1. The molecule has 3 rings (SSSR count). The Morgan fingerprint density at radius 1 is 1.25 bits per heavy atom. The number of thiazole rings is 1. The topological polar surface area (TPSA) is 30.0 Å². The lowest BCUT2D eigenvalue weighted by molar-refractivity contribution is 0.105. The van der Waals surface area contributed by atoms with Gasteiger partial charge in [0.25, 0.3) is 0 Å². The van der Waals surface area contributed by atoms with Crippen LogP contribution in [-0.4, -0.2) is 10.8 Å². The van der Waals surface area contributed by atoms with Crippen molar-refractivity contribution in [2.45, 2.75) is 32.6 Å². The van der Waals surface area contributed by atoms with Crippen LogP contribution < -0.4 is 0 Å². The maximum Gasteiger partial charge on any atom is 0.221 e. The fraction of sp³-hybridized carbons (Fsp3) is 0.294. The number of nitrogens with zero attached hydrogens (tertiary/aromatic N) is 1. The van der Waals surface area contributed by atoms with Gasteiger partial charge >= 0.3 is 0 Å². The van der Waals surface area contributed by atoms with Crippen molar-refractivity contribution in [3.8, 4) is 0 Å². The maximum atomic E-state index is 12.6. The van der Waals surface area contributed by atoms with Crippen molar-refractivity contribution in [3.63, 3.8) is 0 Å². The first-order valence-corrected chi connectivity index (χ1v) is 7.64. The van der Waals surface area contributed by atoms with E-state index in [2.05, 4.69) is 31.8 Å². The molecule has 0 aliphatic heterocycles. The largest absolute Gasteiger partial charge is 0.286 e. The molecule has 0 radical (unpaired) electrons. The highest BCUT2D eigenvalue weighted by molar-refractivity contribution is 7.12. The molecule has 3 heteroatoms. The minimum atomic E-state index is -0.0169. The van der Waals surface area contributed by atoms with E-state index in [1.165, 1.54) is 16.9 Å². The van der Waals surface area contributed by atoms with E-state index in [4.69, 9.17) is 0 Å². The molecule has 20 heavy (non-hydrogen) atoms. The van der Waals surface area contributed by atoms with Crippen LogP contribution in [0.25, 0.3) is 5.57 Å². The van der Waals surface area contributed by atoms with Crippen LogP contribution in [0.15, 0.2) is 35.7 Å². The Bertz CT molecular complexity index is 704. The Kier molecular flexibility index (Phi) is 3.09. The molecule has 1 aromatic carbocycles. The zero-order chi connectivity index (χ0) is 14.3. The molecule has 102 valence electrons. The molecule has 2 nitrogen and oxygen atoms in total. The predicted molar refractivity (Wildman–Crippen MR) is 83.3 cm³/mol. The smallest absolute Gasteiger partial charge is 0.221 e. The third-order valence-electron chi connectivity index (χ3n) is 3.55. The van der Waals surface area contributed by atoms with Crippen LogP contribution in [0.4, 0.5) is 0 Å². The summed E-state index contributed by atoms with van der Waals surface area (Å²) in [6.45, 7) is 6.33. The molecule has 0 N–H and O–H groups in total.